The van der Waals surface area contributed by atoms with Crippen LogP contribution in [0.4, 0.5) is 5.69 Å². The number of rotatable bonds is 3. The quantitative estimate of drug-likeness (QED) is 0.747. The number of H-pyrrole nitrogens is 1. The molecule has 0 aliphatic rings. The van der Waals surface area contributed by atoms with Gasteiger partial charge in [-0.3, -0.25) is 9.89 Å². The van der Waals surface area contributed by atoms with Crippen molar-refractivity contribution in [3.8, 4) is 0 Å². The lowest BCUT2D eigenvalue weighted by molar-refractivity contribution is 0.102. The van der Waals surface area contributed by atoms with Crippen molar-refractivity contribution in [1.29, 1.82) is 0 Å². The van der Waals surface area contributed by atoms with Gasteiger partial charge in [0.2, 0.25) is 0 Å². The number of hydrogen-bond donors (Lipinski definition) is 3. The van der Waals surface area contributed by atoms with Crippen molar-refractivity contribution in [3.63, 3.8) is 0 Å². The first-order valence-corrected chi connectivity index (χ1v) is 6.12. The molecule has 19 heavy (non-hydrogen) atoms. The fraction of sp³-hybridized carbons (Fsp3) is 0.154. The van der Waals surface area contributed by atoms with E-state index in [0.717, 1.165) is 5.56 Å². The number of nitrogens with one attached hydrogen (secondary N) is 2. The van der Waals surface area contributed by atoms with Crippen LogP contribution in [0.5, 0.6) is 0 Å². The molecule has 0 aliphatic carbocycles. The Balaban J connectivity index is 2.35. The van der Waals surface area contributed by atoms with Crippen LogP contribution in [0.15, 0.2) is 24.4 Å². The summed E-state index contributed by atoms with van der Waals surface area (Å²) in [5, 5.41) is 9.36. The van der Waals surface area contributed by atoms with Crippen LogP contribution in [-0.4, -0.2) is 21.1 Å². The van der Waals surface area contributed by atoms with E-state index in [4.69, 9.17) is 18.0 Å². The van der Waals surface area contributed by atoms with Crippen LogP contribution in [0, 0.1) is 13.8 Å². The van der Waals surface area contributed by atoms with Gasteiger partial charge >= 0.3 is 0 Å². The first-order chi connectivity index (χ1) is 9.00. The highest BCUT2D eigenvalue weighted by Crippen LogP contribution is 2.20. The molecule has 1 heterocycles. The van der Waals surface area contributed by atoms with Crippen molar-refractivity contribution in [2.45, 2.75) is 13.8 Å². The van der Waals surface area contributed by atoms with Crippen LogP contribution in [0.1, 0.15) is 27.2 Å². The van der Waals surface area contributed by atoms with E-state index in [-0.39, 0.29) is 10.9 Å². The third kappa shape index (κ3) is 2.63. The summed E-state index contributed by atoms with van der Waals surface area (Å²) in [5.74, 6) is -0.241. The van der Waals surface area contributed by atoms with Gasteiger partial charge in [0.25, 0.3) is 5.91 Å². The lowest BCUT2D eigenvalue weighted by atomic mass is 10.1. The van der Waals surface area contributed by atoms with Crippen molar-refractivity contribution >= 4 is 28.8 Å². The molecule has 2 rings (SSSR count). The Morgan fingerprint density at radius 2 is 2.16 bits per heavy atom. The fourth-order valence-corrected chi connectivity index (χ4v) is 2.14. The van der Waals surface area contributed by atoms with Crippen molar-refractivity contribution in [1.82, 2.24) is 10.2 Å². The predicted molar refractivity (Wildman–Crippen MR) is 78.3 cm³/mol. The molecule has 98 valence electrons. The molecular weight excluding hydrogens is 260 g/mol. The smallest absolute Gasteiger partial charge is 0.259 e. The van der Waals surface area contributed by atoms with Crippen molar-refractivity contribution < 1.29 is 4.79 Å². The van der Waals surface area contributed by atoms with E-state index in [1.807, 2.05) is 19.1 Å². The number of aryl methyl sites for hydroxylation is 2. The van der Waals surface area contributed by atoms with Gasteiger partial charge in [0.15, 0.2) is 0 Å². The molecule has 0 radical (unpaired) electrons. The average molecular weight is 274 g/mol. The number of amides is 1. The second-order valence-electron chi connectivity index (χ2n) is 4.22. The maximum absolute atomic E-state index is 12.1. The molecule has 0 saturated carbocycles. The summed E-state index contributed by atoms with van der Waals surface area (Å²) in [6.45, 7) is 3.68. The van der Waals surface area contributed by atoms with Crippen molar-refractivity contribution in [2.24, 2.45) is 5.73 Å². The molecule has 6 heteroatoms. The molecule has 0 aliphatic heterocycles. The van der Waals surface area contributed by atoms with Crippen LogP contribution in [0.3, 0.4) is 0 Å². The minimum Gasteiger partial charge on any atom is -0.389 e. The van der Waals surface area contributed by atoms with Crippen LogP contribution < -0.4 is 11.1 Å². The number of nitrogens with zero attached hydrogens (tertiary/aromatic N) is 1. The van der Waals surface area contributed by atoms with E-state index in [1.165, 1.54) is 6.20 Å². The van der Waals surface area contributed by atoms with Gasteiger partial charge in [-0.1, -0.05) is 24.4 Å². The molecule has 1 amide bonds. The standard InChI is InChI=1S/C13H14N4OS/c1-7-4-3-5-10(11(7)12(14)19)16-13(18)9-6-15-17-8(9)2/h3-6H,1-2H3,(H2,14,19)(H,15,17)(H,16,18). The van der Waals surface area contributed by atoms with Crippen LogP contribution in [-0.2, 0) is 0 Å². The summed E-state index contributed by atoms with van der Waals surface area (Å²) in [6, 6.07) is 5.51. The Hall–Kier alpha value is -2.21. The summed E-state index contributed by atoms with van der Waals surface area (Å²) in [5.41, 5.74) is 9.13. The summed E-state index contributed by atoms with van der Waals surface area (Å²) in [7, 11) is 0. The first-order valence-electron chi connectivity index (χ1n) is 5.71. The topological polar surface area (TPSA) is 83.8 Å². The SMILES string of the molecule is Cc1cccc(NC(=O)c2cn[nH]c2C)c1C(N)=S. The zero-order valence-corrected chi connectivity index (χ0v) is 11.5. The molecule has 1 aromatic heterocycles. The summed E-state index contributed by atoms with van der Waals surface area (Å²) < 4.78 is 0. The maximum atomic E-state index is 12.1. The molecule has 0 saturated heterocycles. The normalized spacial score (nSPS) is 10.2. The molecular formula is C13H14N4OS. The van der Waals surface area contributed by atoms with Crippen LogP contribution in [0.2, 0.25) is 0 Å². The van der Waals surface area contributed by atoms with Gasteiger partial charge in [-0.05, 0) is 25.5 Å². The van der Waals surface area contributed by atoms with Gasteiger partial charge in [0.05, 0.1) is 17.4 Å². The molecule has 0 bridgehead atoms. The van der Waals surface area contributed by atoms with Crippen LogP contribution >= 0.6 is 12.2 Å². The summed E-state index contributed by atoms with van der Waals surface area (Å²) >= 11 is 5.02. The van der Waals surface area contributed by atoms with E-state index in [9.17, 15) is 4.79 Å². The Kier molecular flexibility index (Phi) is 3.62. The number of carbonyl (C=O) groups excluding carboxylic acids is 1. The lowest BCUT2D eigenvalue weighted by Crippen LogP contribution is -2.19. The Bertz CT molecular complexity index is 648. The Morgan fingerprint density at radius 3 is 2.74 bits per heavy atom. The monoisotopic (exact) mass is 274 g/mol. The zero-order chi connectivity index (χ0) is 14.0. The number of anilines is 1. The highest BCUT2D eigenvalue weighted by molar-refractivity contribution is 7.80. The molecule has 2 aromatic rings. The minimum absolute atomic E-state index is 0.241. The van der Waals surface area contributed by atoms with Gasteiger partial charge in [-0.25, -0.2) is 0 Å². The van der Waals surface area contributed by atoms with Gasteiger partial charge in [-0.15, -0.1) is 0 Å². The van der Waals surface area contributed by atoms with E-state index in [1.54, 1.807) is 13.0 Å². The van der Waals surface area contributed by atoms with Crippen molar-refractivity contribution in [2.75, 3.05) is 5.32 Å². The maximum Gasteiger partial charge on any atom is 0.259 e. The third-order valence-corrected chi connectivity index (χ3v) is 3.05. The van der Waals surface area contributed by atoms with Gasteiger partial charge in [0.1, 0.15) is 4.99 Å². The van der Waals surface area contributed by atoms with Crippen molar-refractivity contribution in [3.05, 3.63) is 46.8 Å². The second-order valence-corrected chi connectivity index (χ2v) is 4.66. The number of carbonyl (C=O) groups is 1. The minimum atomic E-state index is -0.241. The Labute approximate surface area is 116 Å². The average Bonchev–Trinajstić information content (AvgIpc) is 2.75. The third-order valence-electron chi connectivity index (χ3n) is 2.84. The number of nitrogens with two attached hydrogens (primary N) is 1. The predicted octanol–water partition coefficient (Wildman–Crippen LogP) is 1.91. The lowest BCUT2D eigenvalue weighted by Gasteiger charge is -2.12. The van der Waals surface area contributed by atoms with E-state index in [0.29, 0.717) is 22.5 Å². The van der Waals surface area contributed by atoms with Crippen LogP contribution in [0.25, 0.3) is 0 Å². The molecule has 1 aromatic carbocycles. The molecule has 5 nitrogen and oxygen atoms in total. The molecule has 4 N–H and O–H groups in total. The highest BCUT2D eigenvalue weighted by atomic mass is 32.1. The summed E-state index contributed by atoms with van der Waals surface area (Å²) in [6.07, 6.45) is 1.49. The van der Waals surface area contributed by atoms with E-state index in [2.05, 4.69) is 15.5 Å². The summed E-state index contributed by atoms with van der Waals surface area (Å²) in [4.78, 5) is 12.4. The molecule has 0 atom stereocenters. The molecule has 0 fully saturated rings. The second kappa shape index (κ2) is 5.19. The van der Waals surface area contributed by atoms with E-state index < -0.39 is 0 Å². The number of hydrogen-bond acceptors (Lipinski definition) is 3. The van der Waals surface area contributed by atoms with Gasteiger partial charge < -0.3 is 11.1 Å². The highest BCUT2D eigenvalue weighted by Gasteiger charge is 2.14. The fourth-order valence-electron chi connectivity index (χ4n) is 1.87. The Morgan fingerprint density at radius 1 is 1.42 bits per heavy atom. The molecule has 0 unspecified atom stereocenters. The number of aromatic nitrogens is 2. The number of thiocarbonyl (C=S) groups is 1. The first kappa shape index (κ1) is 13.2. The van der Waals surface area contributed by atoms with Gasteiger partial charge in [-0.2, -0.15) is 5.10 Å². The van der Waals surface area contributed by atoms with Gasteiger partial charge in [0, 0.05) is 11.3 Å². The zero-order valence-electron chi connectivity index (χ0n) is 10.7. The number of benzene rings is 1. The van der Waals surface area contributed by atoms with E-state index >= 15 is 0 Å². The largest absolute Gasteiger partial charge is 0.389 e. The molecule has 0 spiro atoms. The number of aromatic amines is 1.